The number of benzene rings is 12. The minimum absolute atomic E-state index is 0.930. The number of aromatic nitrogens is 6. The Balaban J connectivity index is 0.000000137. The maximum atomic E-state index is 5.12. The summed E-state index contributed by atoms with van der Waals surface area (Å²) in [5.41, 5.74) is 21.4. The number of hydrogen-bond acceptors (Lipinski definition) is 6. The van der Waals surface area contributed by atoms with Crippen LogP contribution in [-0.2, 0) is 0 Å². The summed E-state index contributed by atoms with van der Waals surface area (Å²) < 4.78 is 0. The smallest absolute Gasteiger partial charge is 0.0978 e. The van der Waals surface area contributed by atoms with Crippen LogP contribution >= 0.6 is 0 Å². The summed E-state index contributed by atoms with van der Waals surface area (Å²) in [6.07, 6.45) is 3.70. The van der Waals surface area contributed by atoms with Crippen LogP contribution in [0.15, 0.2) is 304 Å². The van der Waals surface area contributed by atoms with E-state index in [0.29, 0.717) is 0 Å². The average molecular weight is 1120 g/mol. The van der Waals surface area contributed by atoms with Gasteiger partial charge in [-0.2, -0.15) is 0 Å². The largest absolute Gasteiger partial charge is 0.254 e. The Hall–Kier alpha value is -11.9. The molecule has 0 fully saturated rings. The molecule has 0 spiro atoms. The summed E-state index contributed by atoms with van der Waals surface area (Å²) >= 11 is 0. The number of hydrogen-bond donors (Lipinski definition) is 0. The van der Waals surface area contributed by atoms with Gasteiger partial charge in [-0.05, 0) is 116 Å². The van der Waals surface area contributed by atoms with Crippen LogP contribution in [0, 0.1) is 0 Å². The Morgan fingerprint density at radius 2 is 0.591 bits per heavy atom. The van der Waals surface area contributed by atoms with Crippen molar-refractivity contribution in [3.8, 4) is 67.0 Å². The summed E-state index contributed by atoms with van der Waals surface area (Å²) in [5, 5.41) is 13.9. The number of nitrogens with zero attached hydrogens (tertiary/aromatic N) is 6. The van der Waals surface area contributed by atoms with Gasteiger partial charge in [0.15, 0.2) is 0 Å². The molecule has 6 heteroatoms. The number of fused-ring (bicyclic) bond motifs is 12. The van der Waals surface area contributed by atoms with Crippen molar-refractivity contribution < 1.29 is 0 Å². The highest BCUT2D eigenvalue weighted by molar-refractivity contribution is 6.20. The highest BCUT2D eigenvalue weighted by Crippen LogP contribution is 2.44. The van der Waals surface area contributed by atoms with Crippen molar-refractivity contribution in [3.05, 3.63) is 304 Å². The lowest BCUT2D eigenvalue weighted by molar-refractivity contribution is 1.40. The van der Waals surface area contributed by atoms with Crippen LogP contribution in [0.2, 0.25) is 0 Å². The molecular formula is C82H50N6. The van der Waals surface area contributed by atoms with E-state index in [4.69, 9.17) is 29.9 Å². The van der Waals surface area contributed by atoms with Crippen molar-refractivity contribution in [2.24, 2.45) is 0 Å². The van der Waals surface area contributed by atoms with Crippen LogP contribution < -0.4 is 0 Å². The summed E-state index contributed by atoms with van der Waals surface area (Å²) in [4.78, 5) is 29.4. The second kappa shape index (κ2) is 21.0. The van der Waals surface area contributed by atoms with Gasteiger partial charge in [0.05, 0.1) is 55.5 Å². The second-order valence-electron chi connectivity index (χ2n) is 22.5. The first-order chi connectivity index (χ1) is 43.6. The highest BCUT2D eigenvalue weighted by Gasteiger charge is 2.19. The summed E-state index contributed by atoms with van der Waals surface area (Å²) in [6.45, 7) is 0. The Bertz CT molecular complexity index is 5820. The van der Waals surface area contributed by atoms with Gasteiger partial charge in [-0.15, -0.1) is 0 Å². The van der Waals surface area contributed by atoms with Gasteiger partial charge in [-0.25, -0.2) is 19.9 Å². The van der Waals surface area contributed by atoms with Gasteiger partial charge in [0.2, 0.25) is 0 Å². The molecule has 0 amide bonds. The van der Waals surface area contributed by atoms with Gasteiger partial charge in [0, 0.05) is 77.7 Å². The Morgan fingerprint density at radius 3 is 1.17 bits per heavy atom. The second-order valence-corrected chi connectivity index (χ2v) is 22.5. The fraction of sp³-hybridized carbons (Fsp3) is 0. The zero-order valence-corrected chi connectivity index (χ0v) is 47.6. The van der Waals surface area contributed by atoms with E-state index in [1.165, 1.54) is 66.1 Å². The van der Waals surface area contributed by atoms with Crippen LogP contribution in [0.4, 0.5) is 0 Å². The average Bonchev–Trinajstić information content (AvgIpc) is 0.935. The first-order valence-corrected chi connectivity index (χ1v) is 29.7. The number of rotatable bonds is 6. The Morgan fingerprint density at radius 1 is 0.193 bits per heavy atom. The topological polar surface area (TPSA) is 77.3 Å². The van der Waals surface area contributed by atoms with Crippen LogP contribution in [0.5, 0.6) is 0 Å². The minimum atomic E-state index is 0.930. The minimum Gasteiger partial charge on any atom is -0.254 e. The Labute approximate surface area is 506 Å². The molecule has 0 aliphatic rings. The van der Waals surface area contributed by atoms with Gasteiger partial charge >= 0.3 is 0 Å². The predicted octanol–water partition coefficient (Wildman–Crippen LogP) is 21.3. The van der Waals surface area contributed by atoms with E-state index < -0.39 is 0 Å². The molecule has 12 aromatic carbocycles. The van der Waals surface area contributed by atoms with Crippen molar-refractivity contribution >= 4 is 109 Å². The first kappa shape index (κ1) is 50.6. The van der Waals surface area contributed by atoms with E-state index in [2.05, 4.69) is 255 Å². The molecule has 6 aromatic heterocycles. The molecule has 6 heterocycles. The zero-order valence-electron chi connectivity index (χ0n) is 47.6. The molecule has 0 aliphatic heterocycles. The number of para-hydroxylation sites is 4. The van der Waals surface area contributed by atoms with Crippen LogP contribution in [0.3, 0.4) is 0 Å². The molecule has 18 rings (SSSR count). The lowest BCUT2D eigenvalue weighted by atomic mass is 9.88. The van der Waals surface area contributed by atoms with Crippen LogP contribution in [0.25, 0.3) is 176 Å². The molecule has 0 bridgehead atoms. The molecule has 18 aromatic rings. The van der Waals surface area contributed by atoms with Gasteiger partial charge in [0.1, 0.15) is 0 Å². The molecule has 0 N–H and O–H groups in total. The summed E-state index contributed by atoms with van der Waals surface area (Å²) in [7, 11) is 0. The van der Waals surface area contributed by atoms with E-state index in [1.807, 2.05) is 48.8 Å². The fourth-order valence-electron chi connectivity index (χ4n) is 13.0. The molecule has 6 nitrogen and oxygen atoms in total. The lowest BCUT2D eigenvalue weighted by Crippen LogP contribution is -1.93. The molecule has 408 valence electrons. The summed E-state index contributed by atoms with van der Waals surface area (Å²) in [5.74, 6) is 0. The van der Waals surface area contributed by atoms with Crippen molar-refractivity contribution in [3.63, 3.8) is 0 Å². The van der Waals surface area contributed by atoms with Crippen molar-refractivity contribution in [1.82, 2.24) is 29.9 Å². The molecule has 0 unspecified atom stereocenters. The van der Waals surface area contributed by atoms with E-state index in [1.54, 1.807) is 0 Å². The lowest BCUT2D eigenvalue weighted by Gasteiger charge is -2.16. The highest BCUT2D eigenvalue weighted by atomic mass is 14.8. The van der Waals surface area contributed by atoms with Gasteiger partial charge < -0.3 is 0 Å². The van der Waals surface area contributed by atoms with Crippen molar-refractivity contribution in [1.29, 1.82) is 0 Å². The monoisotopic (exact) mass is 1120 g/mol. The molecule has 0 radical (unpaired) electrons. The zero-order chi connectivity index (χ0) is 58.1. The quantitative estimate of drug-likeness (QED) is 0.122. The van der Waals surface area contributed by atoms with Gasteiger partial charge in [-0.1, -0.05) is 231 Å². The van der Waals surface area contributed by atoms with Gasteiger partial charge in [-0.3, -0.25) is 9.97 Å². The van der Waals surface area contributed by atoms with E-state index in [9.17, 15) is 0 Å². The summed E-state index contributed by atoms with van der Waals surface area (Å²) in [6, 6.07) is 103. The van der Waals surface area contributed by atoms with Crippen molar-refractivity contribution in [2.45, 2.75) is 0 Å². The number of pyridine rings is 6. The SMILES string of the molecule is c1ccc2nc(-c3ccc(-c4ccc(-c5c6ccccc6nc6c5ccc5cccnc56)c5ccccc45)cc3)ccc2c1.c1ccc2nc(-c3ccc(-c4ccc5cc(-c6c7ccccc7nc7c6ccc6cccnc67)ccc5c4)cc3)ccc2c1. The van der Waals surface area contributed by atoms with E-state index in [-0.39, 0.29) is 0 Å². The molecule has 0 atom stereocenters. The molecule has 0 saturated carbocycles. The van der Waals surface area contributed by atoms with Crippen LogP contribution in [-0.4, -0.2) is 29.9 Å². The van der Waals surface area contributed by atoms with E-state index in [0.717, 1.165) is 110 Å². The third-order valence-corrected chi connectivity index (χ3v) is 17.4. The molecular weight excluding hydrogens is 1070 g/mol. The molecule has 88 heavy (non-hydrogen) atoms. The van der Waals surface area contributed by atoms with Crippen LogP contribution in [0.1, 0.15) is 0 Å². The predicted molar refractivity (Wildman–Crippen MR) is 367 cm³/mol. The van der Waals surface area contributed by atoms with E-state index >= 15 is 0 Å². The Kier molecular flexibility index (Phi) is 12.1. The van der Waals surface area contributed by atoms with Gasteiger partial charge in [0.25, 0.3) is 0 Å². The van der Waals surface area contributed by atoms with Crippen molar-refractivity contribution in [2.75, 3.05) is 0 Å². The fourth-order valence-corrected chi connectivity index (χ4v) is 13.0. The maximum absolute atomic E-state index is 5.12. The normalized spacial score (nSPS) is 11.6. The third-order valence-electron chi connectivity index (χ3n) is 17.4. The maximum Gasteiger partial charge on any atom is 0.0978 e. The standard InChI is InChI=1S/2C41H25N3/c1-5-13-36-27(8-1)20-24-37(43-36)28-17-15-26(16-18-28)30-22-23-33(32-11-3-2-10-31(30)32)39-34-12-4-6-14-38(34)44-41-35(39)21-19-29-9-7-25-42-40(29)41;1-3-9-36-27(6-1)20-22-37(43-36)28-13-11-26(12-14-28)30-15-16-32-25-33(18-17-31(32)24-30)39-34-8-2-4-10-38(34)44-41-35(39)21-19-29-7-5-23-42-40(29)41/h2*1-25H. The molecule has 0 aliphatic carbocycles. The molecule has 0 saturated heterocycles. The first-order valence-electron chi connectivity index (χ1n) is 29.7. The third kappa shape index (κ3) is 8.81.